The molecule has 1 aromatic carbocycles. The van der Waals surface area contributed by atoms with Gasteiger partial charge in [-0.05, 0) is 24.6 Å². The second-order valence-corrected chi connectivity index (χ2v) is 5.39. The van der Waals surface area contributed by atoms with Gasteiger partial charge in [0.25, 0.3) is 0 Å². The van der Waals surface area contributed by atoms with Gasteiger partial charge >= 0.3 is 5.97 Å². The van der Waals surface area contributed by atoms with Gasteiger partial charge in [0, 0.05) is 0 Å². The van der Waals surface area contributed by atoms with Crippen molar-refractivity contribution in [3.05, 3.63) is 29.8 Å². The first kappa shape index (κ1) is 15.8. The number of quaternary nitrogens is 1. The van der Waals surface area contributed by atoms with Crippen molar-refractivity contribution in [2.24, 2.45) is 0 Å². The van der Waals surface area contributed by atoms with E-state index in [2.05, 4.69) is 0 Å². The van der Waals surface area contributed by atoms with Crippen molar-refractivity contribution in [1.29, 1.82) is 0 Å². The average molecular weight is 294 g/mol. The third kappa shape index (κ3) is 5.36. The Labute approximate surface area is 125 Å². The number of morpholine rings is 1. The Morgan fingerprint density at radius 2 is 1.95 bits per heavy atom. The van der Waals surface area contributed by atoms with E-state index in [9.17, 15) is 4.79 Å². The van der Waals surface area contributed by atoms with E-state index in [1.54, 1.807) is 7.11 Å². The number of hydrogen-bond acceptors (Lipinski definition) is 4. The summed E-state index contributed by atoms with van der Waals surface area (Å²) in [6, 6.07) is 7.48. The van der Waals surface area contributed by atoms with Crippen LogP contribution in [0.1, 0.15) is 12.5 Å². The number of carbonyl (C=O) groups excluding carboxylic acids is 1. The van der Waals surface area contributed by atoms with Gasteiger partial charge in [-0.3, -0.25) is 4.79 Å². The first-order valence-corrected chi connectivity index (χ1v) is 7.41. The van der Waals surface area contributed by atoms with E-state index < -0.39 is 0 Å². The summed E-state index contributed by atoms with van der Waals surface area (Å²) < 4.78 is 15.9. The standard InChI is InChI=1S/C16H23NO4/c1-13(12-17-7-9-20-10-8-17)21-16(18)11-14-3-5-15(19-2)6-4-14/h3-6,13H,7-12H2,1-2H3/p+1. The van der Waals surface area contributed by atoms with Crippen molar-refractivity contribution in [3.8, 4) is 5.75 Å². The fourth-order valence-corrected chi connectivity index (χ4v) is 2.49. The van der Waals surface area contributed by atoms with Gasteiger partial charge in [-0.2, -0.15) is 0 Å². The molecule has 2 rings (SSSR count). The molecular weight excluding hydrogens is 270 g/mol. The molecule has 1 heterocycles. The summed E-state index contributed by atoms with van der Waals surface area (Å²) in [5.41, 5.74) is 0.937. The monoisotopic (exact) mass is 294 g/mol. The number of carbonyl (C=O) groups is 1. The average Bonchev–Trinajstić information content (AvgIpc) is 2.48. The Balaban J connectivity index is 1.74. The largest absolute Gasteiger partial charge is 0.497 e. The Morgan fingerprint density at radius 1 is 1.29 bits per heavy atom. The van der Waals surface area contributed by atoms with E-state index in [4.69, 9.17) is 14.2 Å². The topological polar surface area (TPSA) is 49.2 Å². The lowest BCUT2D eigenvalue weighted by atomic mass is 10.1. The maximum atomic E-state index is 11.9. The van der Waals surface area contributed by atoms with Crippen LogP contribution in [0, 0.1) is 0 Å². The summed E-state index contributed by atoms with van der Waals surface area (Å²) in [4.78, 5) is 13.4. The van der Waals surface area contributed by atoms with Crippen LogP contribution in [0.2, 0.25) is 0 Å². The third-order valence-electron chi connectivity index (χ3n) is 3.62. The molecule has 1 aliphatic rings. The fourth-order valence-electron chi connectivity index (χ4n) is 2.49. The maximum absolute atomic E-state index is 11.9. The second kappa shape index (κ2) is 8.00. The summed E-state index contributed by atoms with van der Waals surface area (Å²) in [5.74, 6) is 0.608. The molecule has 21 heavy (non-hydrogen) atoms. The normalized spacial score (nSPS) is 17.2. The predicted octanol–water partition coefficient (Wildman–Crippen LogP) is 0.0845. The molecule has 1 fully saturated rings. The fraction of sp³-hybridized carbons (Fsp3) is 0.562. The highest BCUT2D eigenvalue weighted by atomic mass is 16.5. The minimum atomic E-state index is -0.180. The van der Waals surface area contributed by atoms with Crippen molar-refractivity contribution in [2.45, 2.75) is 19.4 Å². The summed E-state index contributed by atoms with van der Waals surface area (Å²) in [5, 5.41) is 0. The zero-order valence-corrected chi connectivity index (χ0v) is 12.8. The number of esters is 1. The molecule has 0 aliphatic carbocycles. The lowest BCUT2D eigenvalue weighted by Gasteiger charge is -2.26. The van der Waals surface area contributed by atoms with Gasteiger partial charge in [-0.1, -0.05) is 12.1 Å². The van der Waals surface area contributed by atoms with Crippen molar-refractivity contribution < 1.29 is 23.9 Å². The summed E-state index contributed by atoms with van der Waals surface area (Å²) >= 11 is 0. The molecule has 1 aromatic rings. The SMILES string of the molecule is COc1ccc(CC(=O)OC(C)C[NH+]2CCOCC2)cc1. The summed E-state index contributed by atoms with van der Waals surface area (Å²) in [6.07, 6.45) is 0.233. The van der Waals surface area contributed by atoms with E-state index in [1.807, 2.05) is 31.2 Å². The molecule has 0 bridgehead atoms. The minimum absolute atomic E-state index is 0.0659. The van der Waals surface area contributed by atoms with E-state index in [1.165, 1.54) is 4.90 Å². The van der Waals surface area contributed by atoms with Crippen LogP contribution in [0.25, 0.3) is 0 Å². The van der Waals surface area contributed by atoms with Gasteiger partial charge in [0.05, 0.1) is 26.7 Å². The molecule has 1 unspecified atom stereocenters. The second-order valence-electron chi connectivity index (χ2n) is 5.39. The van der Waals surface area contributed by atoms with Crippen LogP contribution in [-0.2, 0) is 20.7 Å². The van der Waals surface area contributed by atoms with E-state index in [0.29, 0.717) is 6.42 Å². The lowest BCUT2D eigenvalue weighted by Crippen LogP contribution is -3.15. The molecule has 5 heteroatoms. The zero-order chi connectivity index (χ0) is 15.1. The lowest BCUT2D eigenvalue weighted by molar-refractivity contribution is -0.910. The van der Waals surface area contributed by atoms with Crippen LogP contribution in [0.3, 0.4) is 0 Å². The Hall–Kier alpha value is -1.59. The molecule has 1 N–H and O–H groups in total. The van der Waals surface area contributed by atoms with Crippen LogP contribution in [-0.4, -0.2) is 52.0 Å². The molecule has 1 saturated heterocycles. The molecule has 1 aliphatic heterocycles. The van der Waals surface area contributed by atoms with E-state index >= 15 is 0 Å². The minimum Gasteiger partial charge on any atom is -0.497 e. The van der Waals surface area contributed by atoms with Crippen molar-refractivity contribution >= 4 is 5.97 Å². The quantitative estimate of drug-likeness (QED) is 0.755. The predicted molar refractivity (Wildman–Crippen MR) is 78.6 cm³/mol. The highest BCUT2D eigenvalue weighted by molar-refractivity contribution is 5.72. The van der Waals surface area contributed by atoms with Crippen LogP contribution in [0.5, 0.6) is 5.75 Å². The molecule has 0 saturated carbocycles. The smallest absolute Gasteiger partial charge is 0.310 e. The van der Waals surface area contributed by atoms with Crippen LogP contribution < -0.4 is 9.64 Å². The van der Waals surface area contributed by atoms with Crippen LogP contribution in [0.15, 0.2) is 24.3 Å². The van der Waals surface area contributed by atoms with Gasteiger partial charge in [-0.15, -0.1) is 0 Å². The first-order chi connectivity index (χ1) is 10.2. The van der Waals surface area contributed by atoms with E-state index in [-0.39, 0.29) is 12.1 Å². The van der Waals surface area contributed by atoms with Crippen molar-refractivity contribution in [3.63, 3.8) is 0 Å². The number of ether oxygens (including phenoxy) is 3. The Morgan fingerprint density at radius 3 is 2.57 bits per heavy atom. The molecule has 116 valence electrons. The van der Waals surface area contributed by atoms with Gasteiger partial charge in [-0.25, -0.2) is 0 Å². The van der Waals surface area contributed by atoms with Crippen molar-refractivity contribution in [2.75, 3.05) is 40.0 Å². The molecule has 0 aromatic heterocycles. The molecular formula is C16H24NO4+. The number of methoxy groups -OCH3 is 1. The number of rotatable bonds is 6. The van der Waals surface area contributed by atoms with Gasteiger partial charge in [0.2, 0.25) is 0 Å². The first-order valence-electron chi connectivity index (χ1n) is 7.41. The number of hydrogen-bond donors (Lipinski definition) is 1. The van der Waals surface area contributed by atoms with E-state index in [0.717, 1.165) is 44.2 Å². The highest BCUT2D eigenvalue weighted by Gasteiger charge is 2.19. The van der Waals surface area contributed by atoms with Gasteiger partial charge < -0.3 is 19.1 Å². The van der Waals surface area contributed by atoms with Gasteiger partial charge in [0.1, 0.15) is 31.5 Å². The summed E-state index contributed by atoms with van der Waals surface area (Å²) in [7, 11) is 1.62. The third-order valence-corrected chi connectivity index (χ3v) is 3.62. The molecule has 1 atom stereocenters. The van der Waals surface area contributed by atoms with Gasteiger partial charge in [0.15, 0.2) is 0 Å². The Kier molecular flexibility index (Phi) is 6.02. The van der Waals surface area contributed by atoms with Crippen LogP contribution >= 0.6 is 0 Å². The molecule has 0 amide bonds. The zero-order valence-electron chi connectivity index (χ0n) is 12.8. The number of nitrogens with one attached hydrogen (secondary N) is 1. The highest BCUT2D eigenvalue weighted by Crippen LogP contribution is 2.12. The maximum Gasteiger partial charge on any atom is 0.310 e. The number of benzene rings is 1. The van der Waals surface area contributed by atoms with Crippen molar-refractivity contribution in [1.82, 2.24) is 0 Å². The van der Waals surface area contributed by atoms with Crippen LogP contribution in [0.4, 0.5) is 0 Å². The molecule has 0 spiro atoms. The molecule has 5 nitrogen and oxygen atoms in total. The Bertz CT molecular complexity index is 440. The molecule has 0 radical (unpaired) electrons. The summed E-state index contributed by atoms with van der Waals surface area (Å²) in [6.45, 7) is 6.36.